The third-order valence-corrected chi connectivity index (χ3v) is 6.60. The van der Waals surface area contributed by atoms with Crippen LogP contribution in [-0.4, -0.2) is 17.8 Å². The molecule has 1 aliphatic rings. The molecule has 35 heavy (non-hydrogen) atoms. The predicted octanol–water partition coefficient (Wildman–Crippen LogP) is 6.56. The molecule has 6 nitrogen and oxygen atoms in total. The van der Waals surface area contributed by atoms with Crippen LogP contribution in [0.2, 0.25) is 10.0 Å². The van der Waals surface area contributed by atoms with Crippen molar-refractivity contribution in [2.24, 2.45) is 0 Å². The Balaban J connectivity index is 1.60. The van der Waals surface area contributed by atoms with Gasteiger partial charge in [0.25, 0.3) is 11.8 Å². The highest BCUT2D eigenvalue weighted by Crippen LogP contribution is 2.36. The Morgan fingerprint density at radius 1 is 1.00 bits per heavy atom. The number of carbonyl (C=O) groups excluding carboxylic acids is 3. The van der Waals surface area contributed by atoms with E-state index in [0.717, 1.165) is 22.4 Å². The van der Waals surface area contributed by atoms with E-state index in [1.807, 2.05) is 37.3 Å². The SMILES string of the molecule is CCc1ccc(N2C(=O)NC(=O)/C(=C/c3cc(Cl)c(OCc4ccccc4Cl)c(Br)c3)C2=O)cc1. The number of imide groups is 2. The maximum absolute atomic E-state index is 13.1. The van der Waals surface area contributed by atoms with E-state index in [9.17, 15) is 14.4 Å². The second-order valence-corrected chi connectivity index (χ2v) is 9.34. The van der Waals surface area contributed by atoms with Gasteiger partial charge in [0, 0.05) is 10.6 Å². The normalized spacial score (nSPS) is 14.9. The smallest absolute Gasteiger partial charge is 0.335 e. The molecule has 1 fully saturated rings. The van der Waals surface area contributed by atoms with Gasteiger partial charge >= 0.3 is 6.03 Å². The summed E-state index contributed by atoms with van der Waals surface area (Å²) in [5, 5.41) is 3.06. The first-order valence-electron chi connectivity index (χ1n) is 10.6. The number of aryl methyl sites for hydroxylation is 1. The van der Waals surface area contributed by atoms with Crippen LogP contribution >= 0.6 is 39.1 Å². The van der Waals surface area contributed by atoms with Crippen molar-refractivity contribution < 1.29 is 19.1 Å². The van der Waals surface area contributed by atoms with Gasteiger partial charge in [-0.2, -0.15) is 0 Å². The average molecular weight is 574 g/mol. The lowest BCUT2D eigenvalue weighted by atomic mass is 10.1. The van der Waals surface area contributed by atoms with Gasteiger partial charge in [-0.25, -0.2) is 9.69 Å². The molecular weight excluding hydrogens is 555 g/mol. The first-order chi connectivity index (χ1) is 16.8. The number of barbiturate groups is 1. The van der Waals surface area contributed by atoms with E-state index in [1.54, 1.807) is 30.3 Å². The number of nitrogens with one attached hydrogen (secondary N) is 1. The van der Waals surface area contributed by atoms with Gasteiger partial charge in [0.2, 0.25) is 0 Å². The second kappa shape index (κ2) is 10.6. The number of anilines is 1. The molecule has 0 aromatic heterocycles. The summed E-state index contributed by atoms with van der Waals surface area (Å²) >= 11 is 16.1. The number of urea groups is 1. The molecule has 3 aromatic rings. The molecule has 4 rings (SSSR count). The van der Waals surface area contributed by atoms with Gasteiger partial charge in [-0.1, -0.05) is 60.5 Å². The maximum Gasteiger partial charge on any atom is 0.335 e. The number of hydrogen-bond donors (Lipinski definition) is 1. The predicted molar refractivity (Wildman–Crippen MR) is 140 cm³/mol. The molecule has 1 heterocycles. The van der Waals surface area contributed by atoms with Crippen LogP contribution in [0, 0.1) is 0 Å². The minimum atomic E-state index is -0.802. The topological polar surface area (TPSA) is 75.7 Å². The first-order valence-corrected chi connectivity index (χ1v) is 12.2. The summed E-state index contributed by atoms with van der Waals surface area (Å²) in [6.45, 7) is 2.21. The largest absolute Gasteiger partial charge is 0.486 e. The Morgan fingerprint density at radius 2 is 1.71 bits per heavy atom. The lowest BCUT2D eigenvalue weighted by Crippen LogP contribution is -2.54. The standard InChI is InChI=1S/C26H19BrCl2N2O4/c1-2-15-7-9-18(10-8-15)31-25(33)19(24(32)30-26(31)34)11-16-12-20(27)23(22(29)13-16)35-14-17-5-3-4-6-21(17)28/h3-13H,2,14H2,1H3,(H,30,32,34)/b19-11-. The van der Waals surface area contributed by atoms with Crippen molar-refractivity contribution >= 4 is 68.7 Å². The van der Waals surface area contributed by atoms with Crippen LogP contribution in [0.4, 0.5) is 10.5 Å². The molecule has 9 heteroatoms. The van der Waals surface area contributed by atoms with Gasteiger partial charge < -0.3 is 4.74 Å². The molecule has 0 unspecified atom stereocenters. The third kappa shape index (κ3) is 5.42. The zero-order chi connectivity index (χ0) is 25.1. The minimum Gasteiger partial charge on any atom is -0.486 e. The van der Waals surface area contributed by atoms with Crippen molar-refractivity contribution in [1.82, 2.24) is 5.32 Å². The second-order valence-electron chi connectivity index (χ2n) is 7.67. The van der Waals surface area contributed by atoms with E-state index in [2.05, 4.69) is 21.2 Å². The van der Waals surface area contributed by atoms with E-state index < -0.39 is 17.8 Å². The van der Waals surface area contributed by atoms with Crippen molar-refractivity contribution in [1.29, 1.82) is 0 Å². The Bertz CT molecular complexity index is 1330. The van der Waals surface area contributed by atoms with Crippen LogP contribution in [0.15, 0.2) is 70.7 Å². The molecule has 0 radical (unpaired) electrons. The molecule has 0 bridgehead atoms. The number of rotatable bonds is 6. The summed E-state index contributed by atoms with van der Waals surface area (Å²) in [4.78, 5) is 39.0. The number of benzene rings is 3. The summed E-state index contributed by atoms with van der Waals surface area (Å²) in [6.07, 6.45) is 2.20. The molecule has 0 atom stereocenters. The summed E-state index contributed by atoms with van der Waals surface area (Å²) in [5.74, 6) is -1.12. The van der Waals surface area contributed by atoms with Crippen molar-refractivity contribution in [3.8, 4) is 5.75 Å². The highest BCUT2D eigenvalue weighted by Gasteiger charge is 2.36. The first kappa shape index (κ1) is 25.0. The van der Waals surface area contributed by atoms with Gasteiger partial charge in [-0.3, -0.25) is 14.9 Å². The molecular formula is C26H19BrCl2N2O4. The van der Waals surface area contributed by atoms with Crippen LogP contribution in [0.1, 0.15) is 23.6 Å². The lowest BCUT2D eigenvalue weighted by molar-refractivity contribution is -0.122. The summed E-state index contributed by atoms with van der Waals surface area (Å²) in [6, 6.07) is 16.7. The van der Waals surface area contributed by atoms with Gasteiger partial charge in [0.05, 0.1) is 15.2 Å². The average Bonchev–Trinajstić information content (AvgIpc) is 2.82. The molecule has 0 spiro atoms. The Hall–Kier alpha value is -3.13. The summed E-state index contributed by atoms with van der Waals surface area (Å²) in [5.41, 5.74) is 2.50. The highest BCUT2D eigenvalue weighted by atomic mass is 79.9. The number of ether oxygens (including phenoxy) is 1. The van der Waals surface area contributed by atoms with E-state index in [0.29, 0.717) is 26.5 Å². The van der Waals surface area contributed by atoms with Crippen molar-refractivity contribution in [2.75, 3.05) is 4.90 Å². The van der Waals surface area contributed by atoms with Gasteiger partial charge in [-0.05, 0) is 69.9 Å². The molecule has 0 aliphatic carbocycles. The fourth-order valence-electron chi connectivity index (χ4n) is 3.51. The van der Waals surface area contributed by atoms with Gasteiger partial charge in [0.1, 0.15) is 12.2 Å². The monoisotopic (exact) mass is 572 g/mol. The van der Waals surface area contributed by atoms with Crippen molar-refractivity contribution in [2.45, 2.75) is 20.0 Å². The molecule has 4 amide bonds. The molecule has 3 aromatic carbocycles. The highest BCUT2D eigenvalue weighted by molar-refractivity contribution is 9.10. The number of carbonyl (C=O) groups is 3. The third-order valence-electron chi connectivity index (χ3n) is 5.37. The Kier molecular flexibility index (Phi) is 7.60. The van der Waals surface area contributed by atoms with E-state index in [1.165, 1.54) is 6.08 Å². The number of hydrogen-bond acceptors (Lipinski definition) is 4. The zero-order valence-electron chi connectivity index (χ0n) is 18.5. The van der Waals surface area contributed by atoms with Crippen LogP contribution in [-0.2, 0) is 22.6 Å². The molecule has 0 saturated carbocycles. The van der Waals surface area contributed by atoms with Crippen LogP contribution < -0.4 is 15.0 Å². The van der Waals surface area contributed by atoms with Crippen LogP contribution in [0.3, 0.4) is 0 Å². The minimum absolute atomic E-state index is 0.197. The van der Waals surface area contributed by atoms with Crippen molar-refractivity contribution in [3.05, 3.63) is 97.4 Å². The zero-order valence-corrected chi connectivity index (χ0v) is 21.6. The number of nitrogens with zero attached hydrogens (tertiary/aromatic N) is 1. The van der Waals surface area contributed by atoms with Crippen LogP contribution in [0.25, 0.3) is 6.08 Å². The maximum atomic E-state index is 13.1. The summed E-state index contributed by atoms with van der Waals surface area (Å²) in [7, 11) is 0. The molecule has 1 aliphatic heterocycles. The Labute approximate surface area is 220 Å². The fourth-order valence-corrected chi connectivity index (χ4v) is 4.68. The van der Waals surface area contributed by atoms with Crippen LogP contribution in [0.5, 0.6) is 5.75 Å². The number of halogens is 3. The van der Waals surface area contributed by atoms with E-state index in [4.69, 9.17) is 27.9 Å². The summed E-state index contributed by atoms with van der Waals surface area (Å²) < 4.78 is 6.37. The van der Waals surface area contributed by atoms with Crippen molar-refractivity contribution in [3.63, 3.8) is 0 Å². The van der Waals surface area contributed by atoms with Gasteiger partial charge in [-0.15, -0.1) is 0 Å². The quantitative estimate of drug-likeness (QED) is 0.267. The molecule has 1 N–H and O–H groups in total. The Morgan fingerprint density at radius 3 is 2.37 bits per heavy atom. The van der Waals surface area contributed by atoms with E-state index >= 15 is 0 Å². The number of amides is 4. The molecule has 1 saturated heterocycles. The lowest BCUT2D eigenvalue weighted by Gasteiger charge is -2.26. The van der Waals surface area contributed by atoms with Gasteiger partial charge in [0.15, 0.2) is 5.75 Å². The molecule has 178 valence electrons. The fraction of sp³-hybridized carbons (Fsp3) is 0.115. The van der Waals surface area contributed by atoms with E-state index in [-0.39, 0.29) is 17.2 Å².